The van der Waals surface area contributed by atoms with Crippen molar-refractivity contribution in [3.05, 3.63) is 47.7 Å². The number of aromatic nitrogens is 5. The van der Waals surface area contributed by atoms with Crippen molar-refractivity contribution in [2.45, 2.75) is 30.8 Å². The molecule has 7 nitrogen and oxygen atoms in total. The molecule has 1 aromatic carbocycles. The molecule has 9 heteroatoms. The van der Waals surface area contributed by atoms with Crippen LogP contribution in [0, 0.1) is 0 Å². The van der Waals surface area contributed by atoms with Gasteiger partial charge in [-0.15, -0.1) is 31.7 Å². The molecule has 0 saturated carbocycles. The molecular weight excluding hydrogens is 394 g/mol. The number of thiophene rings is 1. The Morgan fingerprint density at radius 1 is 1.14 bits per heavy atom. The predicted molar refractivity (Wildman–Crippen MR) is 110 cm³/mol. The van der Waals surface area contributed by atoms with E-state index in [0.29, 0.717) is 11.8 Å². The maximum atomic E-state index is 5.85. The van der Waals surface area contributed by atoms with E-state index in [1.165, 1.54) is 0 Å². The zero-order valence-corrected chi connectivity index (χ0v) is 17.3. The summed E-state index contributed by atoms with van der Waals surface area (Å²) in [7, 11) is 1.65. The molecule has 1 atom stereocenters. The summed E-state index contributed by atoms with van der Waals surface area (Å²) in [4.78, 5) is 0.967. The van der Waals surface area contributed by atoms with E-state index in [0.717, 1.165) is 33.7 Å². The molecule has 0 radical (unpaired) electrons. The van der Waals surface area contributed by atoms with Gasteiger partial charge in [-0.1, -0.05) is 17.8 Å². The Kier molecular flexibility index (Phi) is 5.45. The summed E-state index contributed by atoms with van der Waals surface area (Å²) in [6, 6.07) is 11.7. The van der Waals surface area contributed by atoms with Crippen LogP contribution in [0.2, 0.25) is 0 Å². The van der Waals surface area contributed by atoms with Crippen LogP contribution in [0.5, 0.6) is 5.75 Å². The number of rotatable bonds is 7. The Hall–Kier alpha value is -2.65. The van der Waals surface area contributed by atoms with Crippen LogP contribution in [-0.4, -0.2) is 32.1 Å². The zero-order chi connectivity index (χ0) is 19.5. The largest absolute Gasteiger partial charge is 0.497 e. The van der Waals surface area contributed by atoms with E-state index in [9.17, 15) is 0 Å². The Morgan fingerprint density at radius 2 is 1.96 bits per heavy atom. The van der Waals surface area contributed by atoms with Crippen molar-refractivity contribution in [3.8, 4) is 27.9 Å². The molecule has 0 amide bonds. The summed E-state index contributed by atoms with van der Waals surface area (Å²) in [6.45, 7) is 4.86. The number of ether oxygens (including phenoxy) is 1. The van der Waals surface area contributed by atoms with Gasteiger partial charge in [-0.2, -0.15) is 0 Å². The van der Waals surface area contributed by atoms with Gasteiger partial charge in [0.05, 0.1) is 17.2 Å². The fourth-order valence-corrected chi connectivity index (χ4v) is 4.31. The number of thioether (sulfide) groups is 1. The SMILES string of the molecule is CCn1c(S[C@H](C)c2nnc(-c3cccs3)o2)nnc1-c1ccc(OC)cc1. The van der Waals surface area contributed by atoms with Crippen molar-refractivity contribution < 1.29 is 9.15 Å². The molecule has 28 heavy (non-hydrogen) atoms. The number of methoxy groups -OCH3 is 1. The third-order valence-electron chi connectivity index (χ3n) is 4.18. The minimum atomic E-state index is -0.0422. The fourth-order valence-electron chi connectivity index (χ4n) is 2.72. The molecule has 0 fully saturated rings. The Balaban J connectivity index is 1.55. The average Bonchev–Trinajstić information content (AvgIpc) is 3.47. The first-order valence-corrected chi connectivity index (χ1v) is 10.6. The van der Waals surface area contributed by atoms with Crippen molar-refractivity contribution in [3.63, 3.8) is 0 Å². The lowest BCUT2D eigenvalue weighted by Gasteiger charge is -2.10. The van der Waals surface area contributed by atoms with Gasteiger partial charge in [0.2, 0.25) is 5.89 Å². The molecule has 0 aliphatic rings. The van der Waals surface area contributed by atoms with Crippen LogP contribution >= 0.6 is 23.1 Å². The third kappa shape index (κ3) is 3.67. The van der Waals surface area contributed by atoms with Gasteiger partial charge < -0.3 is 13.7 Å². The van der Waals surface area contributed by atoms with E-state index in [4.69, 9.17) is 9.15 Å². The van der Waals surface area contributed by atoms with Gasteiger partial charge in [-0.05, 0) is 49.6 Å². The molecule has 3 aromatic heterocycles. The summed E-state index contributed by atoms with van der Waals surface area (Å²) >= 11 is 3.13. The first-order chi connectivity index (χ1) is 13.7. The lowest BCUT2D eigenvalue weighted by molar-refractivity contribution is 0.415. The summed E-state index contributed by atoms with van der Waals surface area (Å²) < 4.78 is 13.2. The average molecular weight is 414 g/mol. The lowest BCUT2D eigenvalue weighted by atomic mass is 10.2. The zero-order valence-electron chi connectivity index (χ0n) is 15.7. The van der Waals surface area contributed by atoms with Gasteiger partial charge in [0.15, 0.2) is 11.0 Å². The fraction of sp³-hybridized carbons (Fsp3) is 0.263. The van der Waals surface area contributed by atoms with Crippen LogP contribution < -0.4 is 4.74 Å². The molecule has 0 spiro atoms. The molecule has 0 saturated heterocycles. The second-order valence-corrected chi connectivity index (χ2v) is 8.22. The van der Waals surface area contributed by atoms with Crippen LogP contribution in [0.15, 0.2) is 51.4 Å². The molecule has 0 bridgehead atoms. The molecule has 0 N–H and O–H groups in total. The summed E-state index contributed by atoms with van der Waals surface area (Å²) in [5.41, 5.74) is 0.993. The molecule has 0 aliphatic carbocycles. The highest BCUT2D eigenvalue weighted by atomic mass is 32.2. The Bertz CT molecular complexity index is 1040. The molecule has 0 aliphatic heterocycles. The van der Waals surface area contributed by atoms with Crippen molar-refractivity contribution in [1.82, 2.24) is 25.0 Å². The van der Waals surface area contributed by atoms with E-state index in [1.54, 1.807) is 30.2 Å². The normalized spacial score (nSPS) is 12.2. The smallest absolute Gasteiger partial charge is 0.257 e. The van der Waals surface area contributed by atoms with Gasteiger partial charge >= 0.3 is 0 Å². The van der Waals surface area contributed by atoms with Gasteiger partial charge in [-0.25, -0.2) is 0 Å². The molecule has 144 valence electrons. The first-order valence-electron chi connectivity index (χ1n) is 8.81. The van der Waals surface area contributed by atoms with Gasteiger partial charge in [0.1, 0.15) is 5.75 Å². The maximum absolute atomic E-state index is 5.85. The second-order valence-electron chi connectivity index (χ2n) is 5.96. The highest BCUT2D eigenvalue weighted by Gasteiger charge is 2.21. The Morgan fingerprint density at radius 3 is 2.64 bits per heavy atom. The third-order valence-corrected chi connectivity index (χ3v) is 6.11. The maximum Gasteiger partial charge on any atom is 0.257 e. The van der Waals surface area contributed by atoms with Gasteiger partial charge in [-0.3, -0.25) is 0 Å². The van der Waals surface area contributed by atoms with Gasteiger partial charge in [0.25, 0.3) is 5.89 Å². The summed E-state index contributed by atoms with van der Waals surface area (Å²) in [5, 5.41) is 19.9. The van der Waals surface area contributed by atoms with Crippen LogP contribution in [0.1, 0.15) is 25.0 Å². The highest BCUT2D eigenvalue weighted by molar-refractivity contribution is 7.99. The standard InChI is InChI=1S/C19H19N5O2S2/c1-4-24-16(13-7-9-14(25-3)10-8-13)20-23-19(24)28-12(2)17-21-22-18(26-17)15-6-5-11-27-15/h5-12H,4H2,1-3H3/t12-/m1/s1. The van der Waals surface area contributed by atoms with Crippen LogP contribution in [0.4, 0.5) is 0 Å². The molecular formula is C19H19N5O2S2. The van der Waals surface area contributed by atoms with Crippen molar-refractivity contribution in [1.29, 1.82) is 0 Å². The van der Waals surface area contributed by atoms with Crippen LogP contribution in [0.25, 0.3) is 22.2 Å². The lowest BCUT2D eigenvalue weighted by Crippen LogP contribution is -2.01. The molecule has 3 heterocycles. The molecule has 4 aromatic rings. The number of nitrogens with zero attached hydrogens (tertiary/aromatic N) is 5. The van der Waals surface area contributed by atoms with Crippen molar-refractivity contribution >= 4 is 23.1 Å². The predicted octanol–water partition coefficient (Wildman–Crippen LogP) is 4.94. The monoisotopic (exact) mass is 413 g/mol. The van der Waals surface area contributed by atoms with Crippen molar-refractivity contribution in [2.24, 2.45) is 0 Å². The van der Waals surface area contributed by atoms with Crippen LogP contribution in [0.3, 0.4) is 0 Å². The van der Waals surface area contributed by atoms with E-state index in [1.807, 2.05) is 48.7 Å². The van der Waals surface area contributed by atoms with Crippen LogP contribution in [-0.2, 0) is 6.54 Å². The van der Waals surface area contributed by atoms with Gasteiger partial charge in [0, 0.05) is 12.1 Å². The first kappa shape index (κ1) is 18.7. The highest BCUT2D eigenvalue weighted by Crippen LogP contribution is 2.36. The topological polar surface area (TPSA) is 78.9 Å². The summed E-state index contributed by atoms with van der Waals surface area (Å²) in [6.07, 6.45) is 0. The van der Waals surface area contributed by atoms with E-state index in [2.05, 4.69) is 31.9 Å². The van der Waals surface area contributed by atoms with Crippen molar-refractivity contribution in [2.75, 3.05) is 7.11 Å². The molecule has 4 rings (SSSR count). The summed E-state index contributed by atoms with van der Waals surface area (Å²) in [5.74, 6) is 2.76. The quantitative estimate of drug-likeness (QED) is 0.397. The number of hydrogen-bond acceptors (Lipinski definition) is 8. The minimum absolute atomic E-state index is 0.0422. The Labute approximate surface area is 170 Å². The molecule has 0 unspecified atom stereocenters. The van der Waals surface area contributed by atoms with E-state index in [-0.39, 0.29) is 5.25 Å². The number of benzene rings is 1. The minimum Gasteiger partial charge on any atom is -0.497 e. The van der Waals surface area contributed by atoms with E-state index >= 15 is 0 Å². The number of hydrogen-bond donors (Lipinski definition) is 0. The second kappa shape index (κ2) is 8.15. The van der Waals surface area contributed by atoms with E-state index < -0.39 is 0 Å².